The van der Waals surface area contributed by atoms with Gasteiger partial charge < -0.3 is 5.32 Å². The van der Waals surface area contributed by atoms with Gasteiger partial charge in [-0.25, -0.2) is 4.39 Å². The Morgan fingerprint density at radius 3 is 2.11 bits per heavy atom. The summed E-state index contributed by atoms with van der Waals surface area (Å²) in [7, 11) is 0. The van der Waals surface area contributed by atoms with Crippen LogP contribution in [0.4, 0.5) is 4.39 Å². The molecule has 1 N–H and O–H groups in total. The molecule has 0 amide bonds. The van der Waals surface area contributed by atoms with Gasteiger partial charge in [0.15, 0.2) is 0 Å². The van der Waals surface area contributed by atoms with Crippen LogP contribution in [0.2, 0.25) is 0 Å². The lowest BCUT2D eigenvalue weighted by Gasteiger charge is -2.21. The van der Waals surface area contributed by atoms with Gasteiger partial charge in [-0.3, -0.25) is 0 Å². The van der Waals surface area contributed by atoms with Gasteiger partial charge in [0.25, 0.3) is 0 Å². The van der Waals surface area contributed by atoms with Gasteiger partial charge >= 0.3 is 0 Å². The SMILES string of the molecule is C[C@H](N[C@H](C)c1ccccc1)c1ccccc1F. The van der Waals surface area contributed by atoms with Crippen molar-refractivity contribution in [1.29, 1.82) is 0 Å². The van der Waals surface area contributed by atoms with Gasteiger partial charge in [0.05, 0.1) is 0 Å². The second-order valence-corrected chi connectivity index (χ2v) is 4.54. The molecule has 0 spiro atoms. The highest BCUT2D eigenvalue weighted by molar-refractivity contribution is 5.22. The predicted molar refractivity (Wildman–Crippen MR) is 72.8 cm³/mol. The molecule has 0 aromatic heterocycles. The molecule has 0 unspecified atom stereocenters. The van der Waals surface area contributed by atoms with Crippen LogP contribution in [0, 0.1) is 5.82 Å². The zero-order chi connectivity index (χ0) is 13.0. The molecule has 94 valence electrons. The van der Waals surface area contributed by atoms with E-state index in [-0.39, 0.29) is 17.9 Å². The maximum atomic E-state index is 13.7. The molecule has 0 radical (unpaired) electrons. The van der Waals surface area contributed by atoms with Gasteiger partial charge in [-0.05, 0) is 25.5 Å². The molecule has 0 aliphatic heterocycles. The maximum Gasteiger partial charge on any atom is 0.127 e. The molecular weight excluding hydrogens is 225 g/mol. The zero-order valence-electron chi connectivity index (χ0n) is 10.7. The van der Waals surface area contributed by atoms with E-state index >= 15 is 0 Å². The van der Waals surface area contributed by atoms with E-state index in [0.29, 0.717) is 5.56 Å². The van der Waals surface area contributed by atoms with Crippen LogP contribution in [0.15, 0.2) is 54.6 Å². The predicted octanol–water partition coefficient (Wildman–Crippen LogP) is 4.24. The summed E-state index contributed by atoms with van der Waals surface area (Å²) in [5.41, 5.74) is 1.92. The van der Waals surface area contributed by atoms with Crippen LogP contribution in [0.3, 0.4) is 0 Å². The van der Waals surface area contributed by atoms with Crippen LogP contribution in [-0.2, 0) is 0 Å². The Hall–Kier alpha value is -1.67. The highest BCUT2D eigenvalue weighted by Crippen LogP contribution is 2.21. The van der Waals surface area contributed by atoms with Crippen molar-refractivity contribution in [2.24, 2.45) is 0 Å². The molecule has 18 heavy (non-hydrogen) atoms. The highest BCUT2D eigenvalue weighted by atomic mass is 19.1. The Morgan fingerprint density at radius 2 is 1.44 bits per heavy atom. The van der Waals surface area contributed by atoms with E-state index in [2.05, 4.69) is 24.4 Å². The van der Waals surface area contributed by atoms with Crippen LogP contribution < -0.4 is 5.32 Å². The minimum absolute atomic E-state index is 0.0126. The fraction of sp³-hybridized carbons (Fsp3) is 0.250. The van der Waals surface area contributed by atoms with Crippen molar-refractivity contribution < 1.29 is 4.39 Å². The van der Waals surface area contributed by atoms with Crippen LogP contribution in [0.25, 0.3) is 0 Å². The van der Waals surface area contributed by atoms with E-state index < -0.39 is 0 Å². The van der Waals surface area contributed by atoms with Gasteiger partial charge in [0.2, 0.25) is 0 Å². The summed E-state index contributed by atoms with van der Waals surface area (Å²) in [6.07, 6.45) is 0. The number of nitrogens with one attached hydrogen (secondary N) is 1. The summed E-state index contributed by atoms with van der Waals surface area (Å²) in [5.74, 6) is -0.155. The van der Waals surface area contributed by atoms with E-state index in [1.165, 1.54) is 11.6 Å². The highest BCUT2D eigenvalue weighted by Gasteiger charge is 2.13. The Labute approximate surface area is 108 Å². The van der Waals surface area contributed by atoms with Crippen molar-refractivity contribution in [1.82, 2.24) is 5.32 Å². The third-order valence-electron chi connectivity index (χ3n) is 3.17. The molecule has 2 rings (SSSR count). The van der Waals surface area contributed by atoms with Gasteiger partial charge in [0, 0.05) is 17.6 Å². The van der Waals surface area contributed by atoms with Crippen LogP contribution in [0.5, 0.6) is 0 Å². The summed E-state index contributed by atoms with van der Waals surface area (Å²) in [4.78, 5) is 0. The van der Waals surface area contributed by atoms with Crippen molar-refractivity contribution in [3.63, 3.8) is 0 Å². The largest absolute Gasteiger partial charge is 0.304 e. The second-order valence-electron chi connectivity index (χ2n) is 4.54. The summed E-state index contributed by atoms with van der Waals surface area (Å²) in [5, 5.41) is 3.41. The van der Waals surface area contributed by atoms with Crippen molar-refractivity contribution in [2.45, 2.75) is 25.9 Å². The van der Waals surface area contributed by atoms with E-state index in [1.54, 1.807) is 6.07 Å². The average molecular weight is 243 g/mol. The van der Waals surface area contributed by atoms with Crippen molar-refractivity contribution >= 4 is 0 Å². The molecule has 1 nitrogen and oxygen atoms in total. The average Bonchev–Trinajstić information content (AvgIpc) is 2.40. The molecule has 0 aliphatic carbocycles. The summed E-state index contributed by atoms with van der Waals surface area (Å²) in [6.45, 7) is 4.07. The number of hydrogen-bond donors (Lipinski definition) is 1. The standard InChI is InChI=1S/C16H18FN/c1-12(14-8-4-3-5-9-14)18-13(2)15-10-6-7-11-16(15)17/h3-13,18H,1-2H3/t12-,13+/m1/s1. The molecule has 0 fully saturated rings. The summed E-state index contributed by atoms with van der Waals surface area (Å²) in [6, 6.07) is 17.3. The van der Waals surface area contributed by atoms with Crippen molar-refractivity contribution in [3.05, 3.63) is 71.5 Å². The first kappa shape index (κ1) is 12.8. The number of hydrogen-bond acceptors (Lipinski definition) is 1. The van der Waals surface area contributed by atoms with Crippen molar-refractivity contribution in [3.8, 4) is 0 Å². The van der Waals surface area contributed by atoms with Gasteiger partial charge in [-0.1, -0.05) is 48.5 Å². The first-order chi connectivity index (χ1) is 8.68. The normalized spacial score (nSPS) is 14.2. The lowest BCUT2D eigenvalue weighted by atomic mass is 10.0. The minimum atomic E-state index is -0.155. The van der Waals surface area contributed by atoms with Gasteiger partial charge in [-0.15, -0.1) is 0 Å². The topological polar surface area (TPSA) is 12.0 Å². The third-order valence-corrected chi connectivity index (χ3v) is 3.17. The van der Waals surface area contributed by atoms with Gasteiger partial charge in [-0.2, -0.15) is 0 Å². The van der Waals surface area contributed by atoms with Gasteiger partial charge in [0.1, 0.15) is 5.82 Å². The lowest BCUT2D eigenvalue weighted by Crippen LogP contribution is -2.23. The Balaban J connectivity index is 2.08. The molecule has 0 bridgehead atoms. The Bertz CT molecular complexity index is 495. The van der Waals surface area contributed by atoms with E-state index in [0.717, 1.165) is 0 Å². The third kappa shape index (κ3) is 2.96. The van der Waals surface area contributed by atoms with E-state index in [4.69, 9.17) is 0 Å². The Morgan fingerprint density at radius 1 is 0.833 bits per heavy atom. The number of halogens is 1. The molecular formula is C16H18FN. The van der Waals surface area contributed by atoms with Crippen LogP contribution in [-0.4, -0.2) is 0 Å². The number of rotatable bonds is 4. The smallest absolute Gasteiger partial charge is 0.127 e. The monoisotopic (exact) mass is 243 g/mol. The molecule has 2 aromatic rings. The molecule has 0 aliphatic rings. The quantitative estimate of drug-likeness (QED) is 0.847. The van der Waals surface area contributed by atoms with E-state index in [9.17, 15) is 4.39 Å². The molecule has 0 saturated carbocycles. The first-order valence-corrected chi connectivity index (χ1v) is 6.24. The minimum Gasteiger partial charge on any atom is -0.304 e. The molecule has 2 aromatic carbocycles. The Kier molecular flexibility index (Phi) is 4.11. The molecule has 2 atom stereocenters. The van der Waals surface area contributed by atoms with Crippen LogP contribution in [0.1, 0.15) is 37.1 Å². The summed E-state index contributed by atoms with van der Waals surface area (Å²) < 4.78 is 13.7. The first-order valence-electron chi connectivity index (χ1n) is 6.24. The van der Waals surface area contributed by atoms with Crippen LogP contribution >= 0.6 is 0 Å². The number of benzene rings is 2. The molecule has 0 heterocycles. The molecule has 2 heteroatoms. The zero-order valence-corrected chi connectivity index (χ0v) is 10.7. The molecule has 0 saturated heterocycles. The lowest BCUT2D eigenvalue weighted by molar-refractivity contribution is 0.474. The van der Waals surface area contributed by atoms with E-state index in [1.807, 2.05) is 37.3 Å². The van der Waals surface area contributed by atoms with Crippen molar-refractivity contribution in [2.75, 3.05) is 0 Å². The fourth-order valence-corrected chi connectivity index (χ4v) is 2.13. The maximum absolute atomic E-state index is 13.7. The summed E-state index contributed by atoms with van der Waals surface area (Å²) >= 11 is 0. The second kappa shape index (κ2) is 5.78. The fourth-order valence-electron chi connectivity index (χ4n) is 2.13.